The number of nitrogens with zero attached hydrogens (tertiary/aromatic N) is 3. The number of rotatable bonds is 2. The first-order valence-corrected chi connectivity index (χ1v) is 6.73. The van der Waals surface area contributed by atoms with Crippen molar-refractivity contribution in [1.29, 1.82) is 0 Å². The summed E-state index contributed by atoms with van der Waals surface area (Å²) in [6.07, 6.45) is 4.81. The van der Waals surface area contributed by atoms with Crippen molar-refractivity contribution in [2.75, 3.05) is 0 Å². The molecule has 0 N–H and O–H groups in total. The van der Waals surface area contributed by atoms with Gasteiger partial charge in [0.1, 0.15) is 11.0 Å². The van der Waals surface area contributed by atoms with E-state index in [9.17, 15) is 4.39 Å². The third kappa shape index (κ3) is 2.16. The molecule has 0 fully saturated rings. The molecule has 3 rings (SSSR count). The highest BCUT2D eigenvalue weighted by Gasteiger charge is 2.11. The highest BCUT2D eigenvalue weighted by atomic mass is 35.5. The number of fused-ring (bicyclic) bond motifs is 1. The number of pyridine rings is 2. The van der Waals surface area contributed by atoms with Gasteiger partial charge in [-0.15, -0.1) is 0 Å². The molecule has 5 heteroatoms. The smallest absolute Gasteiger partial charge is 0.149 e. The lowest BCUT2D eigenvalue weighted by Crippen LogP contribution is -1.92. The summed E-state index contributed by atoms with van der Waals surface area (Å²) in [5, 5.41) is 4.58. The molecule has 0 radical (unpaired) electrons. The summed E-state index contributed by atoms with van der Waals surface area (Å²) in [6, 6.07) is 5.28. The van der Waals surface area contributed by atoms with Gasteiger partial charge in [0.05, 0.1) is 17.9 Å². The molecule has 3 heterocycles. The van der Waals surface area contributed by atoms with E-state index in [0.29, 0.717) is 11.5 Å². The summed E-state index contributed by atoms with van der Waals surface area (Å²) >= 11 is 5.85. The van der Waals surface area contributed by atoms with Gasteiger partial charge in [-0.3, -0.25) is 0 Å². The maximum Gasteiger partial charge on any atom is 0.149 e. The lowest BCUT2D eigenvalue weighted by Gasteiger charge is -2.07. The third-order valence-electron chi connectivity index (χ3n) is 3.31. The zero-order chi connectivity index (χ0) is 14.3. The Morgan fingerprint density at radius 1 is 1.25 bits per heavy atom. The maximum absolute atomic E-state index is 13.9. The van der Waals surface area contributed by atoms with Crippen molar-refractivity contribution in [3.63, 3.8) is 0 Å². The Hall–Kier alpha value is -1.94. The highest BCUT2D eigenvalue weighted by molar-refractivity contribution is 6.29. The zero-order valence-electron chi connectivity index (χ0n) is 11.1. The van der Waals surface area contributed by atoms with Crippen LogP contribution in [0.3, 0.4) is 0 Å². The van der Waals surface area contributed by atoms with Gasteiger partial charge in [-0.05, 0) is 29.7 Å². The van der Waals surface area contributed by atoms with Gasteiger partial charge in [-0.1, -0.05) is 25.4 Å². The molecule has 0 aliphatic rings. The van der Waals surface area contributed by atoms with E-state index >= 15 is 0 Å². The van der Waals surface area contributed by atoms with Gasteiger partial charge in [0.25, 0.3) is 0 Å². The molecular weight excluding hydrogens is 277 g/mol. The normalized spacial score (nSPS) is 11.4. The largest absolute Gasteiger partial charge is 0.241 e. The fraction of sp³-hybridized carbons (Fsp3) is 0.200. The SMILES string of the molecule is CC(C)c1cnn2ccc(-c3cc(Cl)ncc3F)cc12. The summed E-state index contributed by atoms with van der Waals surface area (Å²) in [7, 11) is 0. The van der Waals surface area contributed by atoms with Crippen LogP contribution in [0.25, 0.3) is 16.6 Å². The first kappa shape index (κ1) is 13.1. The Labute approximate surface area is 121 Å². The van der Waals surface area contributed by atoms with Crippen molar-refractivity contribution < 1.29 is 4.39 Å². The average molecular weight is 290 g/mol. The van der Waals surface area contributed by atoms with Crippen LogP contribution in [0.15, 0.2) is 36.8 Å². The lowest BCUT2D eigenvalue weighted by molar-refractivity contribution is 0.625. The summed E-state index contributed by atoms with van der Waals surface area (Å²) < 4.78 is 15.7. The van der Waals surface area contributed by atoms with E-state index < -0.39 is 0 Å². The molecule has 0 aromatic carbocycles. The summed E-state index contributed by atoms with van der Waals surface area (Å²) in [6.45, 7) is 4.21. The zero-order valence-corrected chi connectivity index (χ0v) is 11.9. The van der Waals surface area contributed by atoms with E-state index in [1.807, 2.05) is 24.5 Å². The van der Waals surface area contributed by atoms with Crippen LogP contribution in [0.4, 0.5) is 4.39 Å². The van der Waals surface area contributed by atoms with Crippen LogP contribution in [0.2, 0.25) is 5.15 Å². The summed E-state index contributed by atoms with van der Waals surface area (Å²) in [4.78, 5) is 3.74. The van der Waals surface area contributed by atoms with Gasteiger partial charge in [0.2, 0.25) is 0 Å². The van der Waals surface area contributed by atoms with Crippen molar-refractivity contribution >= 4 is 17.1 Å². The van der Waals surface area contributed by atoms with Crippen LogP contribution < -0.4 is 0 Å². The maximum atomic E-state index is 13.9. The van der Waals surface area contributed by atoms with Gasteiger partial charge in [0.15, 0.2) is 0 Å². The average Bonchev–Trinajstić information content (AvgIpc) is 2.84. The van der Waals surface area contributed by atoms with Gasteiger partial charge in [-0.2, -0.15) is 5.10 Å². The van der Waals surface area contributed by atoms with E-state index in [2.05, 4.69) is 23.9 Å². The molecule has 102 valence electrons. The fourth-order valence-electron chi connectivity index (χ4n) is 2.25. The first-order valence-electron chi connectivity index (χ1n) is 6.35. The van der Waals surface area contributed by atoms with Crippen molar-refractivity contribution in [1.82, 2.24) is 14.6 Å². The van der Waals surface area contributed by atoms with E-state index in [1.165, 1.54) is 6.07 Å². The highest BCUT2D eigenvalue weighted by Crippen LogP contribution is 2.28. The van der Waals surface area contributed by atoms with E-state index in [4.69, 9.17) is 11.6 Å². The van der Waals surface area contributed by atoms with Crippen LogP contribution in [-0.2, 0) is 0 Å². The van der Waals surface area contributed by atoms with Crippen molar-refractivity contribution in [3.8, 4) is 11.1 Å². The number of halogens is 2. The molecule has 0 saturated carbocycles. The Morgan fingerprint density at radius 3 is 2.80 bits per heavy atom. The molecule has 0 spiro atoms. The predicted octanol–water partition coefficient (Wildman–Crippen LogP) is 4.31. The van der Waals surface area contributed by atoms with Crippen molar-refractivity contribution in [2.24, 2.45) is 0 Å². The Balaban J connectivity index is 2.21. The second-order valence-electron chi connectivity index (χ2n) is 4.99. The van der Waals surface area contributed by atoms with Crippen LogP contribution in [-0.4, -0.2) is 14.6 Å². The standard InChI is InChI=1S/C15H13ClFN3/c1-9(2)12-7-19-20-4-3-10(5-14(12)20)11-6-15(16)18-8-13(11)17/h3-9H,1-2H3. The van der Waals surface area contributed by atoms with Crippen LogP contribution in [0.5, 0.6) is 0 Å². The van der Waals surface area contributed by atoms with Gasteiger partial charge < -0.3 is 0 Å². The van der Waals surface area contributed by atoms with Crippen LogP contribution in [0.1, 0.15) is 25.3 Å². The molecule has 0 aliphatic carbocycles. The van der Waals surface area contributed by atoms with Crippen LogP contribution >= 0.6 is 11.6 Å². The van der Waals surface area contributed by atoms with Gasteiger partial charge in [-0.25, -0.2) is 13.9 Å². The molecule has 0 bridgehead atoms. The van der Waals surface area contributed by atoms with Crippen molar-refractivity contribution in [2.45, 2.75) is 19.8 Å². The minimum Gasteiger partial charge on any atom is -0.241 e. The number of hydrogen-bond acceptors (Lipinski definition) is 2. The molecule has 3 aromatic heterocycles. The molecule has 0 saturated heterocycles. The van der Waals surface area contributed by atoms with E-state index in [1.54, 1.807) is 4.52 Å². The summed E-state index contributed by atoms with van der Waals surface area (Å²) in [5.41, 5.74) is 3.32. The molecule has 3 aromatic rings. The number of hydrogen-bond donors (Lipinski definition) is 0. The molecule has 20 heavy (non-hydrogen) atoms. The van der Waals surface area contributed by atoms with Crippen LogP contribution in [0, 0.1) is 5.82 Å². The molecule has 0 unspecified atom stereocenters. The fourth-order valence-corrected chi connectivity index (χ4v) is 2.40. The molecule has 0 aliphatic heterocycles. The predicted molar refractivity (Wildman–Crippen MR) is 77.5 cm³/mol. The molecule has 0 amide bonds. The minimum absolute atomic E-state index is 0.277. The second-order valence-corrected chi connectivity index (χ2v) is 5.37. The Bertz CT molecular complexity index is 780. The lowest BCUT2D eigenvalue weighted by atomic mass is 10.0. The van der Waals surface area contributed by atoms with Crippen molar-refractivity contribution in [3.05, 3.63) is 53.3 Å². The van der Waals surface area contributed by atoms with Gasteiger partial charge >= 0.3 is 0 Å². The van der Waals surface area contributed by atoms with Gasteiger partial charge in [0, 0.05) is 17.3 Å². The van der Waals surface area contributed by atoms with E-state index in [0.717, 1.165) is 22.8 Å². The Kier molecular flexibility index (Phi) is 3.18. The Morgan fingerprint density at radius 2 is 2.05 bits per heavy atom. The summed E-state index contributed by atoms with van der Waals surface area (Å²) in [5.74, 6) is -0.0296. The molecule has 3 nitrogen and oxygen atoms in total. The second kappa shape index (κ2) is 4.87. The quantitative estimate of drug-likeness (QED) is 0.658. The minimum atomic E-state index is -0.385. The molecular formula is C15H13ClFN3. The van der Waals surface area contributed by atoms with E-state index in [-0.39, 0.29) is 11.0 Å². The molecule has 0 atom stereocenters. The first-order chi connectivity index (χ1) is 9.56. The topological polar surface area (TPSA) is 30.2 Å². The third-order valence-corrected chi connectivity index (χ3v) is 3.51. The monoisotopic (exact) mass is 289 g/mol. The number of aromatic nitrogens is 3.